The van der Waals surface area contributed by atoms with Crippen LogP contribution >= 0.6 is 0 Å². The molecule has 1 aromatic carbocycles. The molecule has 1 aromatic rings. The first kappa shape index (κ1) is 16.0. The average Bonchev–Trinajstić information content (AvgIpc) is 2.48. The summed E-state index contributed by atoms with van der Waals surface area (Å²) < 4.78 is 0. The summed E-state index contributed by atoms with van der Waals surface area (Å²) in [6.45, 7) is 3.61. The number of carbonyl (C=O) groups is 2. The molecule has 1 saturated carbocycles. The second-order valence-electron chi connectivity index (χ2n) is 6.96. The predicted octanol–water partition coefficient (Wildman–Crippen LogP) is 2.44. The zero-order valence-corrected chi connectivity index (χ0v) is 13.9. The molecule has 2 amide bonds. The Balaban J connectivity index is 1.42. The summed E-state index contributed by atoms with van der Waals surface area (Å²) in [4.78, 5) is 26.4. The van der Waals surface area contributed by atoms with Gasteiger partial charge in [0.1, 0.15) is 0 Å². The second kappa shape index (κ2) is 7.16. The van der Waals surface area contributed by atoms with Gasteiger partial charge in [-0.25, -0.2) is 0 Å². The number of piperidine rings is 1. The Kier molecular flexibility index (Phi) is 4.99. The van der Waals surface area contributed by atoms with Crippen molar-refractivity contribution in [3.8, 4) is 0 Å². The van der Waals surface area contributed by atoms with E-state index in [2.05, 4.69) is 5.32 Å². The molecule has 1 heterocycles. The molecule has 1 saturated heterocycles. The second-order valence-corrected chi connectivity index (χ2v) is 6.96. The fourth-order valence-corrected chi connectivity index (χ4v) is 3.33. The van der Waals surface area contributed by atoms with Gasteiger partial charge in [0.15, 0.2) is 0 Å². The van der Waals surface area contributed by atoms with Gasteiger partial charge in [-0.15, -0.1) is 0 Å². The van der Waals surface area contributed by atoms with Gasteiger partial charge in [-0.05, 0) is 38.2 Å². The third-order valence-electron chi connectivity index (χ3n) is 5.11. The van der Waals surface area contributed by atoms with Crippen molar-refractivity contribution in [2.45, 2.75) is 51.5 Å². The summed E-state index contributed by atoms with van der Waals surface area (Å²) in [5.74, 6) is 0.695. The minimum atomic E-state index is 0.0811. The zero-order valence-electron chi connectivity index (χ0n) is 13.9. The molecule has 0 atom stereocenters. The summed E-state index contributed by atoms with van der Waals surface area (Å²) in [7, 11) is 0. The SMILES string of the molecule is Cc1ccc(CC(=O)NC2CCN(C(=O)C3CCC3)CC2)cc1. The van der Waals surface area contributed by atoms with Crippen molar-refractivity contribution in [1.29, 1.82) is 0 Å². The molecule has 23 heavy (non-hydrogen) atoms. The van der Waals surface area contributed by atoms with E-state index in [0.717, 1.165) is 44.3 Å². The van der Waals surface area contributed by atoms with Crippen molar-refractivity contribution >= 4 is 11.8 Å². The highest BCUT2D eigenvalue weighted by Gasteiger charge is 2.31. The molecule has 1 aliphatic heterocycles. The summed E-state index contributed by atoms with van der Waals surface area (Å²) in [6, 6.07) is 8.29. The van der Waals surface area contributed by atoms with Gasteiger partial charge in [0, 0.05) is 25.0 Å². The first-order chi connectivity index (χ1) is 11.1. The number of carbonyl (C=O) groups excluding carboxylic acids is 2. The van der Waals surface area contributed by atoms with Crippen LogP contribution in [0.3, 0.4) is 0 Å². The van der Waals surface area contributed by atoms with Crippen LogP contribution in [0.1, 0.15) is 43.2 Å². The van der Waals surface area contributed by atoms with E-state index in [1.54, 1.807) is 0 Å². The van der Waals surface area contributed by atoms with Gasteiger partial charge in [-0.1, -0.05) is 36.2 Å². The Hall–Kier alpha value is -1.84. The average molecular weight is 314 g/mol. The number of amides is 2. The number of aryl methyl sites for hydroxylation is 1. The maximum Gasteiger partial charge on any atom is 0.225 e. The largest absolute Gasteiger partial charge is 0.353 e. The fourth-order valence-electron chi connectivity index (χ4n) is 3.33. The lowest BCUT2D eigenvalue weighted by molar-refractivity contribution is -0.139. The van der Waals surface area contributed by atoms with Gasteiger partial charge < -0.3 is 10.2 Å². The highest BCUT2D eigenvalue weighted by molar-refractivity contribution is 5.80. The maximum absolute atomic E-state index is 12.2. The summed E-state index contributed by atoms with van der Waals surface area (Å²) >= 11 is 0. The molecule has 0 bridgehead atoms. The summed E-state index contributed by atoms with van der Waals surface area (Å²) in [6.07, 6.45) is 5.50. The Labute approximate surface area is 138 Å². The molecule has 3 rings (SSSR count). The fraction of sp³-hybridized carbons (Fsp3) is 0.579. The molecule has 2 fully saturated rings. The third-order valence-corrected chi connectivity index (χ3v) is 5.11. The molecule has 124 valence electrons. The van der Waals surface area contributed by atoms with E-state index < -0.39 is 0 Å². The zero-order chi connectivity index (χ0) is 16.2. The van der Waals surface area contributed by atoms with E-state index >= 15 is 0 Å². The predicted molar refractivity (Wildman–Crippen MR) is 90.0 cm³/mol. The highest BCUT2D eigenvalue weighted by atomic mass is 16.2. The van der Waals surface area contributed by atoms with E-state index in [0.29, 0.717) is 12.3 Å². The molecule has 0 spiro atoms. The van der Waals surface area contributed by atoms with Gasteiger partial charge in [0.05, 0.1) is 6.42 Å². The van der Waals surface area contributed by atoms with Crippen molar-refractivity contribution in [2.24, 2.45) is 5.92 Å². The normalized spacial score (nSPS) is 19.3. The number of nitrogens with one attached hydrogen (secondary N) is 1. The lowest BCUT2D eigenvalue weighted by Crippen LogP contribution is -2.49. The quantitative estimate of drug-likeness (QED) is 0.928. The van der Waals surface area contributed by atoms with E-state index in [4.69, 9.17) is 0 Å². The van der Waals surface area contributed by atoms with Crippen LogP contribution in [0.5, 0.6) is 0 Å². The highest BCUT2D eigenvalue weighted by Crippen LogP contribution is 2.29. The maximum atomic E-state index is 12.2. The number of benzene rings is 1. The Morgan fingerprint density at radius 2 is 1.74 bits per heavy atom. The van der Waals surface area contributed by atoms with Crippen LogP contribution in [0.4, 0.5) is 0 Å². The van der Waals surface area contributed by atoms with Crippen molar-refractivity contribution in [3.05, 3.63) is 35.4 Å². The molecule has 2 aliphatic rings. The van der Waals surface area contributed by atoms with Crippen LogP contribution in [0.2, 0.25) is 0 Å². The molecule has 0 radical (unpaired) electrons. The standard InChI is InChI=1S/C19H26N2O2/c1-14-5-7-15(8-6-14)13-18(22)20-17-9-11-21(12-10-17)19(23)16-3-2-4-16/h5-8,16-17H,2-4,9-13H2,1H3,(H,20,22). The summed E-state index contributed by atoms with van der Waals surface area (Å²) in [5, 5.41) is 3.12. The summed E-state index contributed by atoms with van der Waals surface area (Å²) in [5.41, 5.74) is 2.25. The number of rotatable bonds is 4. The van der Waals surface area contributed by atoms with E-state index in [1.165, 1.54) is 12.0 Å². The van der Waals surface area contributed by atoms with Crippen molar-refractivity contribution < 1.29 is 9.59 Å². The number of hydrogen-bond acceptors (Lipinski definition) is 2. The van der Waals surface area contributed by atoms with Crippen LogP contribution in [0.15, 0.2) is 24.3 Å². The van der Waals surface area contributed by atoms with Crippen molar-refractivity contribution in [3.63, 3.8) is 0 Å². The van der Waals surface area contributed by atoms with E-state index in [9.17, 15) is 9.59 Å². The molecule has 0 aromatic heterocycles. The van der Waals surface area contributed by atoms with E-state index in [1.807, 2.05) is 36.1 Å². The van der Waals surface area contributed by atoms with Crippen molar-refractivity contribution in [1.82, 2.24) is 10.2 Å². The minimum Gasteiger partial charge on any atom is -0.353 e. The lowest BCUT2D eigenvalue weighted by atomic mass is 9.84. The van der Waals surface area contributed by atoms with Gasteiger partial charge >= 0.3 is 0 Å². The molecule has 4 heteroatoms. The van der Waals surface area contributed by atoms with Crippen LogP contribution < -0.4 is 5.32 Å². The monoisotopic (exact) mass is 314 g/mol. The topological polar surface area (TPSA) is 49.4 Å². The van der Waals surface area contributed by atoms with Gasteiger partial charge in [0.2, 0.25) is 11.8 Å². The minimum absolute atomic E-state index is 0.0811. The Bertz CT molecular complexity index is 555. The lowest BCUT2D eigenvalue weighted by Gasteiger charge is -2.36. The first-order valence-corrected chi connectivity index (χ1v) is 8.75. The molecule has 1 N–H and O–H groups in total. The van der Waals surface area contributed by atoms with Crippen LogP contribution in [-0.4, -0.2) is 35.8 Å². The molecular formula is C19H26N2O2. The van der Waals surface area contributed by atoms with Gasteiger partial charge in [-0.2, -0.15) is 0 Å². The smallest absolute Gasteiger partial charge is 0.225 e. The number of hydrogen-bond donors (Lipinski definition) is 1. The molecule has 0 unspecified atom stereocenters. The first-order valence-electron chi connectivity index (χ1n) is 8.75. The van der Waals surface area contributed by atoms with Crippen LogP contribution in [0.25, 0.3) is 0 Å². The van der Waals surface area contributed by atoms with Crippen molar-refractivity contribution in [2.75, 3.05) is 13.1 Å². The van der Waals surface area contributed by atoms with Crippen LogP contribution in [0, 0.1) is 12.8 Å². The molecular weight excluding hydrogens is 288 g/mol. The molecule has 1 aliphatic carbocycles. The van der Waals surface area contributed by atoms with Crippen LogP contribution in [-0.2, 0) is 16.0 Å². The van der Waals surface area contributed by atoms with Gasteiger partial charge in [-0.3, -0.25) is 9.59 Å². The van der Waals surface area contributed by atoms with E-state index in [-0.39, 0.29) is 17.9 Å². The third kappa shape index (κ3) is 4.12. The van der Waals surface area contributed by atoms with Gasteiger partial charge in [0.25, 0.3) is 0 Å². The molecule has 4 nitrogen and oxygen atoms in total. The number of likely N-dealkylation sites (tertiary alicyclic amines) is 1. The Morgan fingerprint density at radius 1 is 1.09 bits per heavy atom. The Morgan fingerprint density at radius 3 is 2.30 bits per heavy atom. The number of nitrogens with zero attached hydrogens (tertiary/aromatic N) is 1.